The minimum absolute atomic E-state index is 0.685. The number of hydrogen-bond acceptors (Lipinski definition) is 4. The van der Waals surface area contributed by atoms with E-state index in [0.29, 0.717) is 11.8 Å². The molecule has 0 bridgehead atoms. The van der Waals surface area contributed by atoms with Gasteiger partial charge in [-0.3, -0.25) is 4.98 Å². The van der Waals surface area contributed by atoms with Crippen molar-refractivity contribution >= 4 is 0 Å². The van der Waals surface area contributed by atoms with Crippen molar-refractivity contribution in [1.82, 2.24) is 15.0 Å². The fourth-order valence-corrected chi connectivity index (χ4v) is 1.95. The van der Waals surface area contributed by atoms with E-state index in [1.54, 1.807) is 6.20 Å². The van der Waals surface area contributed by atoms with E-state index >= 15 is 0 Å². The smallest absolute Gasteiger partial charge is 0.224 e. The van der Waals surface area contributed by atoms with Gasteiger partial charge in [-0.25, -0.2) is 4.98 Å². The number of pyridine rings is 1. The highest BCUT2D eigenvalue weighted by molar-refractivity contribution is 5.67. The van der Waals surface area contributed by atoms with Gasteiger partial charge in [0, 0.05) is 18.1 Å². The van der Waals surface area contributed by atoms with Crippen LogP contribution in [0.1, 0.15) is 24.4 Å². The number of hydrogen-bond donors (Lipinski definition) is 0. The first kappa shape index (κ1) is 12.1. The predicted molar refractivity (Wildman–Crippen MR) is 73.0 cm³/mol. The first-order valence-corrected chi connectivity index (χ1v) is 6.62. The van der Waals surface area contributed by atoms with Crippen molar-refractivity contribution in [2.24, 2.45) is 5.92 Å². The van der Waals surface area contributed by atoms with Crippen molar-refractivity contribution in [3.8, 4) is 17.0 Å². The third-order valence-electron chi connectivity index (χ3n) is 3.23. The molecule has 4 heteroatoms. The summed E-state index contributed by atoms with van der Waals surface area (Å²) < 4.78 is 5.86. The maximum atomic E-state index is 5.86. The van der Waals surface area contributed by atoms with Gasteiger partial charge >= 0.3 is 0 Å². The first-order chi connectivity index (χ1) is 9.22. The van der Waals surface area contributed by atoms with Gasteiger partial charge in [0.15, 0.2) is 0 Å². The topological polar surface area (TPSA) is 47.9 Å². The minimum Gasteiger partial charge on any atom is -0.477 e. The molecule has 1 fully saturated rings. The fraction of sp³-hybridized carbons (Fsp3) is 0.400. The second kappa shape index (κ2) is 4.96. The van der Waals surface area contributed by atoms with E-state index in [2.05, 4.69) is 15.0 Å². The molecule has 0 aromatic carbocycles. The highest BCUT2D eigenvalue weighted by Crippen LogP contribution is 2.32. The zero-order valence-electron chi connectivity index (χ0n) is 11.3. The van der Waals surface area contributed by atoms with Crippen LogP contribution < -0.4 is 4.74 Å². The maximum absolute atomic E-state index is 5.86. The van der Waals surface area contributed by atoms with E-state index in [1.165, 1.54) is 12.8 Å². The molecule has 19 heavy (non-hydrogen) atoms. The number of rotatable bonds is 4. The van der Waals surface area contributed by atoms with Crippen LogP contribution in [0.2, 0.25) is 0 Å². The maximum Gasteiger partial charge on any atom is 0.224 e. The normalized spacial score (nSPS) is 14.4. The van der Waals surface area contributed by atoms with Crippen molar-refractivity contribution in [3.63, 3.8) is 0 Å². The summed E-state index contributed by atoms with van der Waals surface area (Å²) in [7, 11) is 0. The second-order valence-electron chi connectivity index (χ2n) is 5.08. The van der Waals surface area contributed by atoms with E-state index in [4.69, 9.17) is 4.74 Å². The van der Waals surface area contributed by atoms with Gasteiger partial charge in [0.05, 0.1) is 12.2 Å². The summed E-state index contributed by atoms with van der Waals surface area (Å²) in [6.45, 7) is 4.61. The third kappa shape index (κ3) is 2.89. The van der Waals surface area contributed by atoms with Crippen molar-refractivity contribution in [1.29, 1.82) is 0 Å². The fourth-order valence-electron chi connectivity index (χ4n) is 1.95. The molecule has 0 unspecified atom stereocenters. The predicted octanol–water partition coefficient (Wildman–Crippen LogP) is 2.94. The summed E-state index contributed by atoms with van der Waals surface area (Å²) in [5.41, 5.74) is 2.97. The molecular formula is C15H17N3O. The van der Waals surface area contributed by atoms with Crippen LogP contribution >= 0.6 is 0 Å². The number of aromatic nitrogens is 3. The van der Waals surface area contributed by atoms with E-state index in [-0.39, 0.29) is 0 Å². The van der Waals surface area contributed by atoms with Gasteiger partial charge in [-0.2, -0.15) is 4.98 Å². The molecule has 0 N–H and O–H groups in total. The lowest BCUT2D eigenvalue weighted by atomic mass is 10.1. The molecule has 98 valence electrons. The molecule has 4 nitrogen and oxygen atoms in total. The molecular weight excluding hydrogens is 238 g/mol. The zero-order chi connectivity index (χ0) is 13.2. The molecule has 0 spiro atoms. The van der Waals surface area contributed by atoms with Crippen molar-refractivity contribution in [2.75, 3.05) is 6.61 Å². The lowest BCUT2D eigenvalue weighted by Gasteiger charge is -2.10. The van der Waals surface area contributed by atoms with Crippen LogP contribution in [0.3, 0.4) is 0 Å². The second-order valence-corrected chi connectivity index (χ2v) is 5.08. The molecule has 0 radical (unpaired) electrons. The molecule has 0 amide bonds. The molecule has 1 saturated carbocycles. The Balaban J connectivity index is 1.94. The van der Waals surface area contributed by atoms with Gasteiger partial charge in [0.25, 0.3) is 0 Å². The summed E-state index contributed by atoms with van der Waals surface area (Å²) in [5, 5.41) is 0. The molecule has 3 rings (SSSR count). The van der Waals surface area contributed by atoms with Crippen LogP contribution in [0, 0.1) is 19.8 Å². The number of ether oxygens (including phenoxy) is 1. The van der Waals surface area contributed by atoms with Crippen LogP contribution in [-0.2, 0) is 0 Å². The molecule has 2 heterocycles. The molecule has 1 aliphatic rings. The minimum atomic E-state index is 0.685. The van der Waals surface area contributed by atoms with E-state index in [1.807, 2.05) is 32.2 Å². The van der Waals surface area contributed by atoms with Crippen LogP contribution in [0.5, 0.6) is 5.88 Å². The van der Waals surface area contributed by atoms with E-state index in [9.17, 15) is 0 Å². The summed E-state index contributed by atoms with van der Waals surface area (Å²) in [6, 6.07) is 3.99. The van der Waals surface area contributed by atoms with Gasteiger partial charge in [-0.1, -0.05) is 0 Å². The monoisotopic (exact) mass is 255 g/mol. The van der Waals surface area contributed by atoms with Crippen LogP contribution in [-0.4, -0.2) is 21.6 Å². The van der Waals surface area contributed by atoms with Crippen molar-refractivity contribution in [2.45, 2.75) is 26.7 Å². The quantitative estimate of drug-likeness (QED) is 0.842. The first-order valence-electron chi connectivity index (χ1n) is 6.62. The Morgan fingerprint density at radius 3 is 2.84 bits per heavy atom. The Bertz CT molecular complexity index is 594. The largest absolute Gasteiger partial charge is 0.477 e. The van der Waals surface area contributed by atoms with E-state index < -0.39 is 0 Å². The molecule has 0 atom stereocenters. The summed E-state index contributed by atoms with van der Waals surface area (Å²) in [6.07, 6.45) is 6.18. The van der Waals surface area contributed by atoms with Gasteiger partial charge in [-0.15, -0.1) is 0 Å². The Labute approximate surface area is 112 Å². The van der Waals surface area contributed by atoms with Gasteiger partial charge in [0.2, 0.25) is 5.88 Å². The summed E-state index contributed by atoms with van der Waals surface area (Å²) in [5.74, 6) is 2.13. The Kier molecular flexibility index (Phi) is 3.15. The molecule has 1 aliphatic carbocycles. The number of nitrogens with zero attached hydrogens (tertiary/aromatic N) is 3. The van der Waals surface area contributed by atoms with Gasteiger partial charge in [-0.05, 0) is 50.3 Å². The lowest BCUT2D eigenvalue weighted by molar-refractivity contribution is 0.288. The highest BCUT2D eigenvalue weighted by Gasteiger charge is 2.23. The molecule has 0 saturated heterocycles. The van der Waals surface area contributed by atoms with E-state index in [0.717, 1.165) is 29.3 Å². The van der Waals surface area contributed by atoms with Crippen LogP contribution in [0.4, 0.5) is 0 Å². The lowest BCUT2D eigenvalue weighted by Crippen LogP contribution is -2.04. The average Bonchev–Trinajstić information content (AvgIpc) is 3.20. The SMILES string of the molecule is Cc1cc(-c2cnc(C)nc2OCC2CC2)ccn1. The molecule has 2 aromatic rings. The van der Waals surface area contributed by atoms with Gasteiger partial charge in [0.1, 0.15) is 5.82 Å². The van der Waals surface area contributed by atoms with Crippen molar-refractivity contribution < 1.29 is 4.74 Å². The highest BCUT2D eigenvalue weighted by atomic mass is 16.5. The zero-order valence-corrected chi connectivity index (χ0v) is 11.3. The molecule has 0 aliphatic heterocycles. The van der Waals surface area contributed by atoms with Crippen LogP contribution in [0.15, 0.2) is 24.5 Å². The third-order valence-corrected chi connectivity index (χ3v) is 3.23. The average molecular weight is 255 g/mol. The summed E-state index contributed by atoms with van der Waals surface area (Å²) >= 11 is 0. The number of aryl methyl sites for hydroxylation is 2. The standard InChI is InChI=1S/C15H17N3O/c1-10-7-13(5-6-16-10)14-8-17-11(2)18-15(14)19-9-12-3-4-12/h5-8,12H,3-4,9H2,1-2H3. The summed E-state index contributed by atoms with van der Waals surface area (Å²) in [4.78, 5) is 12.9. The Morgan fingerprint density at radius 1 is 1.26 bits per heavy atom. The van der Waals surface area contributed by atoms with Gasteiger partial charge < -0.3 is 4.74 Å². The Morgan fingerprint density at radius 2 is 2.11 bits per heavy atom. The van der Waals surface area contributed by atoms with Crippen molar-refractivity contribution in [3.05, 3.63) is 36.0 Å². The molecule has 2 aromatic heterocycles. The Hall–Kier alpha value is -1.97. The van der Waals surface area contributed by atoms with Crippen LogP contribution in [0.25, 0.3) is 11.1 Å².